The number of methoxy groups -OCH3 is 1. The molecule has 0 bridgehead atoms. The monoisotopic (exact) mass is 439 g/mol. The number of nitrogens with one attached hydrogen (secondary N) is 1. The highest BCUT2D eigenvalue weighted by Crippen LogP contribution is 2.24. The van der Waals surface area contributed by atoms with E-state index in [0.29, 0.717) is 17.9 Å². The third-order valence-corrected chi connectivity index (χ3v) is 4.26. The zero-order valence-electron chi connectivity index (χ0n) is 15.5. The summed E-state index contributed by atoms with van der Waals surface area (Å²) < 4.78 is 4.89. The summed E-state index contributed by atoms with van der Waals surface area (Å²) >= 11 is 0. The van der Waals surface area contributed by atoms with Crippen LogP contribution in [0.15, 0.2) is 4.99 Å². The van der Waals surface area contributed by atoms with Crippen molar-refractivity contribution in [2.24, 2.45) is 22.2 Å². The Balaban J connectivity index is 0.00000484. The Morgan fingerprint density at radius 2 is 1.96 bits per heavy atom. The first-order valence-corrected chi connectivity index (χ1v) is 8.32. The molecule has 0 spiro atoms. The Hall–Kier alpha value is -0.530. The van der Waals surface area contributed by atoms with E-state index in [0.717, 1.165) is 25.5 Å². The number of aliphatic imine (C=N–C) groups is 1. The van der Waals surface area contributed by atoms with Gasteiger partial charge in [-0.05, 0) is 24.2 Å². The van der Waals surface area contributed by atoms with E-state index in [1.165, 1.54) is 20.0 Å². The van der Waals surface area contributed by atoms with Crippen LogP contribution in [0.2, 0.25) is 0 Å². The lowest BCUT2D eigenvalue weighted by atomic mass is 9.90. The first-order chi connectivity index (χ1) is 10.3. The molecule has 2 atom stereocenters. The third-order valence-electron chi connectivity index (χ3n) is 4.26. The fourth-order valence-corrected chi connectivity index (χ4v) is 2.91. The maximum absolute atomic E-state index is 11.8. The molecule has 23 heavy (non-hydrogen) atoms. The van der Waals surface area contributed by atoms with E-state index in [1.54, 1.807) is 7.05 Å². The molecule has 1 aliphatic heterocycles. The van der Waals surface area contributed by atoms with Crippen LogP contribution < -0.4 is 5.32 Å². The second-order valence-corrected chi connectivity index (χ2v) is 7.50. The van der Waals surface area contributed by atoms with Crippen molar-refractivity contribution in [2.45, 2.75) is 47.0 Å². The largest absolute Gasteiger partial charge is 0.469 e. The average molecular weight is 439 g/mol. The predicted octanol–water partition coefficient (Wildman–Crippen LogP) is 3.14. The van der Waals surface area contributed by atoms with Gasteiger partial charge in [0.05, 0.1) is 13.0 Å². The first-order valence-electron chi connectivity index (χ1n) is 8.32. The van der Waals surface area contributed by atoms with Crippen LogP contribution >= 0.6 is 24.0 Å². The SMILES string of the molecule is CN=C(NCCCCC(C)(C)C)N1CC(C)C(C(=O)OC)C1.I. The van der Waals surface area contributed by atoms with Gasteiger partial charge in [0.25, 0.3) is 0 Å². The maximum Gasteiger partial charge on any atom is 0.310 e. The number of carbonyl (C=O) groups is 1. The predicted molar refractivity (Wildman–Crippen MR) is 106 cm³/mol. The third kappa shape index (κ3) is 7.72. The normalized spacial score (nSPS) is 21.8. The van der Waals surface area contributed by atoms with Gasteiger partial charge >= 0.3 is 5.97 Å². The second-order valence-electron chi connectivity index (χ2n) is 7.50. The van der Waals surface area contributed by atoms with Gasteiger partial charge in [0, 0.05) is 26.7 Å². The van der Waals surface area contributed by atoms with Crippen LogP contribution in [0, 0.1) is 17.3 Å². The van der Waals surface area contributed by atoms with Crippen molar-refractivity contribution >= 4 is 35.9 Å². The van der Waals surface area contributed by atoms with Crippen LogP contribution in [0.3, 0.4) is 0 Å². The van der Waals surface area contributed by atoms with Gasteiger partial charge in [-0.2, -0.15) is 0 Å². The lowest BCUT2D eigenvalue weighted by molar-refractivity contribution is -0.145. The van der Waals surface area contributed by atoms with E-state index in [2.05, 4.69) is 42.9 Å². The Kier molecular flexibility index (Phi) is 10.1. The standard InChI is InChI=1S/C17H33N3O2.HI/c1-13-11-20(12-14(13)15(21)22-6)16(18-5)19-10-8-7-9-17(2,3)4;/h13-14H,7-12H2,1-6H3,(H,18,19);1H. The van der Waals surface area contributed by atoms with Gasteiger partial charge < -0.3 is 15.0 Å². The van der Waals surface area contributed by atoms with Gasteiger partial charge in [-0.25, -0.2) is 0 Å². The van der Waals surface area contributed by atoms with Crippen LogP contribution in [0.5, 0.6) is 0 Å². The molecule has 1 aliphatic rings. The van der Waals surface area contributed by atoms with Gasteiger partial charge in [0.15, 0.2) is 5.96 Å². The molecule has 0 aromatic rings. The summed E-state index contributed by atoms with van der Waals surface area (Å²) in [5, 5.41) is 3.42. The minimum Gasteiger partial charge on any atom is -0.469 e. The molecule has 0 amide bonds. The number of hydrogen-bond acceptors (Lipinski definition) is 3. The number of esters is 1. The van der Waals surface area contributed by atoms with Gasteiger partial charge in [-0.15, -0.1) is 24.0 Å². The van der Waals surface area contributed by atoms with E-state index in [1.807, 2.05) is 0 Å². The molecule has 1 fully saturated rings. The number of halogens is 1. The lowest BCUT2D eigenvalue weighted by Crippen LogP contribution is -2.41. The van der Waals surface area contributed by atoms with E-state index in [9.17, 15) is 4.79 Å². The number of hydrogen-bond donors (Lipinski definition) is 1. The summed E-state index contributed by atoms with van der Waals surface area (Å²) in [5.41, 5.74) is 0.403. The van der Waals surface area contributed by atoms with Crippen molar-refractivity contribution in [1.82, 2.24) is 10.2 Å². The Morgan fingerprint density at radius 1 is 1.30 bits per heavy atom. The summed E-state index contributed by atoms with van der Waals surface area (Å²) in [6.45, 7) is 11.4. The number of nitrogens with zero attached hydrogens (tertiary/aromatic N) is 2. The molecule has 0 aliphatic carbocycles. The summed E-state index contributed by atoms with van der Waals surface area (Å²) in [7, 11) is 3.26. The van der Waals surface area contributed by atoms with E-state index in [4.69, 9.17) is 4.74 Å². The van der Waals surface area contributed by atoms with Crippen LogP contribution in [0.1, 0.15) is 47.0 Å². The molecule has 0 aromatic carbocycles. The Bertz CT molecular complexity index is 394. The molecule has 0 radical (unpaired) electrons. The second kappa shape index (κ2) is 10.4. The van der Waals surface area contributed by atoms with E-state index in [-0.39, 0.29) is 35.9 Å². The first kappa shape index (κ1) is 22.5. The zero-order valence-corrected chi connectivity index (χ0v) is 17.8. The topological polar surface area (TPSA) is 53.9 Å². The number of likely N-dealkylation sites (tertiary alicyclic amines) is 1. The summed E-state index contributed by atoms with van der Waals surface area (Å²) in [5.74, 6) is 1.03. The minimum absolute atomic E-state index is 0. The number of rotatable bonds is 5. The summed E-state index contributed by atoms with van der Waals surface area (Å²) in [4.78, 5) is 18.3. The lowest BCUT2D eigenvalue weighted by Gasteiger charge is -2.22. The highest BCUT2D eigenvalue weighted by Gasteiger charge is 2.36. The van der Waals surface area contributed by atoms with Crippen molar-refractivity contribution in [3.05, 3.63) is 0 Å². The van der Waals surface area contributed by atoms with Crippen LogP contribution in [0.4, 0.5) is 0 Å². The van der Waals surface area contributed by atoms with Crippen LogP contribution in [0.25, 0.3) is 0 Å². The number of ether oxygens (including phenoxy) is 1. The van der Waals surface area contributed by atoms with Crippen LogP contribution in [-0.4, -0.2) is 50.6 Å². The number of guanidine groups is 1. The highest BCUT2D eigenvalue weighted by atomic mass is 127. The number of unbranched alkanes of at least 4 members (excludes halogenated alkanes) is 1. The molecule has 0 saturated carbocycles. The molecule has 1 N–H and O–H groups in total. The molecule has 5 nitrogen and oxygen atoms in total. The van der Waals surface area contributed by atoms with Gasteiger partial charge in [0.2, 0.25) is 0 Å². The quantitative estimate of drug-likeness (QED) is 0.235. The summed E-state index contributed by atoms with van der Waals surface area (Å²) in [6.07, 6.45) is 3.59. The minimum atomic E-state index is -0.115. The van der Waals surface area contributed by atoms with E-state index >= 15 is 0 Å². The maximum atomic E-state index is 11.8. The van der Waals surface area contributed by atoms with Crippen molar-refractivity contribution in [1.29, 1.82) is 0 Å². The molecular weight excluding hydrogens is 405 g/mol. The molecule has 2 unspecified atom stereocenters. The molecule has 0 aromatic heterocycles. The molecule has 6 heteroatoms. The fraction of sp³-hybridized carbons (Fsp3) is 0.882. The molecule has 1 rings (SSSR count). The molecule has 136 valence electrons. The molecular formula is C17H34IN3O2. The Labute approximate surface area is 158 Å². The van der Waals surface area contributed by atoms with Crippen molar-refractivity contribution in [3.8, 4) is 0 Å². The average Bonchev–Trinajstić information content (AvgIpc) is 2.82. The Morgan fingerprint density at radius 3 is 2.48 bits per heavy atom. The van der Waals surface area contributed by atoms with Gasteiger partial charge in [0.1, 0.15) is 0 Å². The van der Waals surface area contributed by atoms with Crippen molar-refractivity contribution in [2.75, 3.05) is 33.8 Å². The smallest absolute Gasteiger partial charge is 0.310 e. The molecule has 1 saturated heterocycles. The van der Waals surface area contributed by atoms with Gasteiger partial charge in [-0.3, -0.25) is 9.79 Å². The molecule has 1 heterocycles. The van der Waals surface area contributed by atoms with Gasteiger partial charge in [-0.1, -0.05) is 34.1 Å². The number of carbonyl (C=O) groups excluding carboxylic acids is 1. The van der Waals surface area contributed by atoms with E-state index < -0.39 is 0 Å². The van der Waals surface area contributed by atoms with Crippen molar-refractivity contribution < 1.29 is 9.53 Å². The summed E-state index contributed by atoms with van der Waals surface area (Å²) in [6, 6.07) is 0. The highest BCUT2D eigenvalue weighted by molar-refractivity contribution is 14.0. The van der Waals surface area contributed by atoms with Crippen LogP contribution in [-0.2, 0) is 9.53 Å². The zero-order chi connectivity index (χ0) is 16.8. The van der Waals surface area contributed by atoms with Crippen molar-refractivity contribution in [3.63, 3.8) is 0 Å². The fourth-order valence-electron chi connectivity index (χ4n) is 2.91.